The molecule has 1 aliphatic heterocycles. The molecule has 0 bridgehead atoms. The molecule has 0 fully saturated rings. The number of ether oxygens (including phenoxy) is 3. The molecule has 1 heterocycles. The minimum absolute atomic E-state index is 0.235. The third-order valence-corrected chi connectivity index (χ3v) is 3.78. The van der Waals surface area contributed by atoms with Crippen LogP contribution in [0.3, 0.4) is 0 Å². The maximum Gasteiger partial charge on any atom is 0.414 e. The van der Waals surface area contributed by atoms with Crippen LogP contribution in [-0.2, 0) is 23.8 Å². The van der Waals surface area contributed by atoms with E-state index in [0.717, 1.165) is 4.90 Å². The number of allylic oxidation sites excluding steroid dienone is 1. The van der Waals surface area contributed by atoms with Crippen molar-refractivity contribution in [1.29, 1.82) is 0 Å². The largest absolute Gasteiger partial charge is 0.468 e. The van der Waals surface area contributed by atoms with Gasteiger partial charge in [0.15, 0.2) is 5.54 Å². The molecule has 0 N–H and O–H groups in total. The molecule has 0 spiro atoms. The van der Waals surface area contributed by atoms with E-state index in [9.17, 15) is 14.4 Å². The number of amides is 1. The highest BCUT2D eigenvalue weighted by molar-refractivity contribution is 6.00. The van der Waals surface area contributed by atoms with Crippen LogP contribution in [0.25, 0.3) is 0 Å². The van der Waals surface area contributed by atoms with Gasteiger partial charge in [0.05, 0.1) is 21.3 Å². The molecule has 0 saturated heterocycles. The minimum atomic E-state index is -1.60. The molecule has 1 aliphatic carbocycles. The Hall–Kier alpha value is -2.31. The number of hydrogen-bond acceptors (Lipinski definition) is 6. The fraction of sp³-hybridized carbons (Fsp3) is 0.462. The van der Waals surface area contributed by atoms with Gasteiger partial charge in [-0.2, -0.15) is 0 Å². The fourth-order valence-corrected chi connectivity index (χ4v) is 2.83. The molecule has 20 heavy (non-hydrogen) atoms. The lowest BCUT2D eigenvalue weighted by atomic mass is 9.72. The van der Waals surface area contributed by atoms with Gasteiger partial charge in [0.25, 0.3) is 0 Å². The standard InChI is InChI=1S/C13H15NO6/c1-18-9(15)12-5-4-6-13(12,10(16)19-2)14(8-7-12)11(17)20-3/h4,6-8H,5H2,1-3H3. The lowest BCUT2D eigenvalue weighted by Gasteiger charge is -2.39. The van der Waals surface area contributed by atoms with Crippen LogP contribution in [-0.4, -0.2) is 49.8 Å². The molecule has 2 atom stereocenters. The highest BCUT2D eigenvalue weighted by atomic mass is 16.6. The summed E-state index contributed by atoms with van der Waals surface area (Å²) in [4.78, 5) is 37.5. The summed E-state index contributed by atoms with van der Waals surface area (Å²) in [7, 11) is 3.61. The van der Waals surface area contributed by atoms with Crippen LogP contribution < -0.4 is 0 Å². The summed E-state index contributed by atoms with van der Waals surface area (Å²) < 4.78 is 14.3. The first-order chi connectivity index (χ1) is 9.50. The van der Waals surface area contributed by atoms with Gasteiger partial charge in [-0.25, -0.2) is 9.59 Å². The van der Waals surface area contributed by atoms with E-state index in [-0.39, 0.29) is 6.42 Å². The zero-order valence-electron chi connectivity index (χ0n) is 11.4. The molecule has 2 rings (SSSR count). The molecule has 0 radical (unpaired) electrons. The van der Waals surface area contributed by atoms with Crippen molar-refractivity contribution in [3.05, 3.63) is 24.4 Å². The lowest BCUT2D eigenvalue weighted by molar-refractivity contribution is -0.165. The topological polar surface area (TPSA) is 82.1 Å². The Morgan fingerprint density at radius 1 is 1.00 bits per heavy atom. The Labute approximate surface area is 115 Å². The Balaban J connectivity index is 2.61. The number of methoxy groups -OCH3 is 3. The van der Waals surface area contributed by atoms with Gasteiger partial charge >= 0.3 is 18.0 Å². The maximum atomic E-state index is 12.3. The number of carbonyl (C=O) groups is 3. The molecule has 0 aromatic carbocycles. The van der Waals surface area contributed by atoms with Crippen molar-refractivity contribution in [2.45, 2.75) is 12.0 Å². The van der Waals surface area contributed by atoms with Gasteiger partial charge in [-0.15, -0.1) is 0 Å². The van der Waals surface area contributed by atoms with Crippen molar-refractivity contribution >= 4 is 18.0 Å². The number of rotatable bonds is 2. The quantitative estimate of drug-likeness (QED) is 0.419. The van der Waals surface area contributed by atoms with Crippen molar-refractivity contribution in [2.24, 2.45) is 5.41 Å². The molecule has 2 aliphatic rings. The van der Waals surface area contributed by atoms with E-state index < -0.39 is 29.0 Å². The number of fused-ring (bicyclic) bond motifs is 1. The third kappa shape index (κ3) is 1.43. The van der Waals surface area contributed by atoms with Crippen LogP contribution in [0.4, 0.5) is 4.79 Å². The van der Waals surface area contributed by atoms with Crippen LogP contribution >= 0.6 is 0 Å². The first kappa shape index (κ1) is 14.1. The van der Waals surface area contributed by atoms with Crippen LogP contribution in [0.2, 0.25) is 0 Å². The molecule has 0 aromatic rings. The molecule has 0 aromatic heterocycles. The van der Waals surface area contributed by atoms with Gasteiger partial charge in [0, 0.05) is 6.20 Å². The summed E-state index contributed by atoms with van der Waals surface area (Å²) >= 11 is 0. The van der Waals surface area contributed by atoms with E-state index >= 15 is 0 Å². The number of carbonyl (C=O) groups excluding carboxylic acids is 3. The predicted molar refractivity (Wildman–Crippen MR) is 66.3 cm³/mol. The van der Waals surface area contributed by atoms with Crippen molar-refractivity contribution in [3.63, 3.8) is 0 Å². The summed E-state index contributed by atoms with van der Waals surface area (Å²) in [5, 5.41) is 0. The van der Waals surface area contributed by atoms with Gasteiger partial charge in [-0.3, -0.25) is 9.69 Å². The summed E-state index contributed by atoms with van der Waals surface area (Å²) in [6.45, 7) is 0. The van der Waals surface area contributed by atoms with E-state index in [1.54, 1.807) is 6.08 Å². The van der Waals surface area contributed by atoms with Crippen LogP contribution in [0.5, 0.6) is 0 Å². The van der Waals surface area contributed by atoms with Gasteiger partial charge < -0.3 is 14.2 Å². The Kier molecular flexibility index (Phi) is 3.29. The number of nitrogens with zero attached hydrogens (tertiary/aromatic N) is 1. The second kappa shape index (κ2) is 4.66. The fourth-order valence-electron chi connectivity index (χ4n) is 2.83. The second-order valence-corrected chi connectivity index (χ2v) is 4.48. The summed E-state index contributed by atoms with van der Waals surface area (Å²) in [5.74, 6) is -1.34. The third-order valence-electron chi connectivity index (χ3n) is 3.78. The minimum Gasteiger partial charge on any atom is -0.468 e. The smallest absolute Gasteiger partial charge is 0.414 e. The lowest BCUT2D eigenvalue weighted by Crippen LogP contribution is -2.61. The molecular weight excluding hydrogens is 266 g/mol. The zero-order chi connectivity index (χ0) is 15.0. The van der Waals surface area contributed by atoms with E-state index in [4.69, 9.17) is 9.47 Å². The number of esters is 2. The highest BCUT2D eigenvalue weighted by Crippen LogP contribution is 2.52. The molecule has 1 amide bonds. The van der Waals surface area contributed by atoms with Gasteiger partial charge in [-0.05, 0) is 18.6 Å². The van der Waals surface area contributed by atoms with E-state index in [2.05, 4.69) is 4.74 Å². The average molecular weight is 281 g/mol. The Morgan fingerprint density at radius 2 is 1.65 bits per heavy atom. The molecule has 2 unspecified atom stereocenters. The molecule has 0 saturated carbocycles. The molecular formula is C13H15NO6. The van der Waals surface area contributed by atoms with Gasteiger partial charge in [-0.1, -0.05) is 6.08 Å². The summed E-state index contributed by atoms with van der Waals surface area (Å²) in [5.41, 5.74) is -2.91. The highest BCUT2D eigenvalue weighted by Gasteiger charge is 2.69. The first-order valence-electron chi connectivity index (χ1n) is 5.91. The Bertz CT molecular complexity index is 525. The van der Waals surface area contributed by atoms with Gasteiger partial charge in [0.1, 0.15) is 5.41 Å². The predicted octanol–water partition coefficient (Wildman–Crippen LogP) is 0.613. The molecule has 7 nitrogen and oxygen atoms in total. The van der Waals surface area contributed by atoms with Crippen molar-refractivity contribution < 1.29 is 28.6 Å². The van der Waals surface area contributed by atoms with E-state index in [1.807, 2.05) is 0 Å². The average Bonchev–Trinajstić information content (AvgIpc) is 3.00. The van der Waals surface area contributed by atoms with Crippen molar-refractivity contribution in [1.82, 2.24) is 4.90 Å². The zero-order valence-corrected chi connectivity index (χ0v) is 11.4. The molecule has 7 heteroatoms. The second-order valence-electron chi connectivity index (χ2n) is 4.48. The van der Waals surface area contributed by atoms with Crippen molar-refractivity contribution in [3.8, 4) is 0 Å². The SMILES string of the molecule is COC(=O)N1C=CC2(C(=O)OC)CC=CC12C(=O)OC. The monoisotopic (exact) mass is 281 g/mol. The molecule has 108 valence electrons. The van der Waals surface area contributed by atoms with Gasteiger partial charge in [0.2, 0.25) is 0 Å². The number of hydrogen-bond donors (Lipinski definition) is 0. The summed E-state index contributed by atoms with van der Waals surface area (Å²) in [6.07, 6.45) is 5.43. The van der Waals surface area contributed by atoms with E-state index in [1.165, 1.54) is 39.7 Å². The normalized spacial score (nSPS) is 30.1. The van der Waals surface area contributed by atoms with Crippen LogP contribution in [0, 0.1) is 5.41 Å². The Morgan fingerprint density at radius 3 is 2.20 bits per heavy atom. The maximum absolute atomic E-state index is 12.3. The van der Waals surface area contributed by atoms with E-state index in [0.29, 0.717) is 0 Å². The van der Waals surface area contributed by atoms with Crippen molar-refractivity contribution in [2.75, 3.05) is 21.3 Å². The van der Waals surface area contributed by atoms with Crippen LogP contribution in [0.15, 0.2) is 24.4 Å². The summed E-state index contributed by atoms with van der Waals surface area (Å²) in [6, 6.07) is 0. The first-order valence-corrected chi connectivity index (χ1v) is 5.91. The van der Waals surface area contributed by atoms with Crippen LogP contribution in [0.1, 0.15) is 6.42 Å².